The minimum atomic E-state index is -3.91. The van der Waals surface area contributed by atoms with E-state index >= 15 is 0 Å². The summed E-state index contributed by atoms with van der Waals surface area (Å²) in [5, 5.41) is -0.686. The van der Waals surface area contributed by atoms with Crippen molar-refractivity contribution in [3.05, 3.63) is 58.5 Å². The van der Waals surface area contributed by atoms with E-state index in [0.717, 1.165) is 50.6 Å². The summed E-state index contributed by atoms with van der Waals surface area (Å²) in [6.45, 7) is 8.22. The lowest BCUT2D eigenvalue weighted by Gasteiger charge is -2.33. The van der Waals surface area contributed by atoms with E-state index in [1.807, 2.05) is 32.9 Å². The third-order valence-electron chi connectivity index (χ3n) is 7.34. The van der Waals surface area contributed by atoms with Crippen LogP contribution >= 0.6 is 0 Å². The van der Waals surface area contributed by atoms with Crippen LogP contribution in [-0.4, -0.2) is 58.6 Å². The molecule has 10 heteroatoms. The molecular formula is C31H46N2O7S. The molecule has 1 aliphatic rings. The standard InChI is InChI=1S/C31H46N2O7S/c1-24(41(36,37)38)11-9-7-5-6-8-10-12-25-13-15-26(16-14-25)33-22-19-28(23-29(33)34)39-27-17-20-32(21-18-27)30(35)40-31(2,3)4/h13-16,19,22-24,27H,5-12,17-18,20-21H2,1-4H3,(H,36,37,38). The number of amides is 1. The lowest BCUT2D eigenvalue weighted by atomic mass is 10.0. The number of rotatable bonds is 13. The van der Waals surface area contributed by atoms with Gasteiger partial charge in [-0.3, -0.25) is 13.9 Å². The summed E-state index contributed by atoms with van der Waals surface area (Å²) in [4.78, 5) is 26.8. The fourth-order valence-corrected chi connectivity index (χ4v) is 5.33. The van der Waals surface area contributed by atoms with E-state index in [1.165, 1.54) is 11.6 Å². The van der Waals surface area contributed by atoms with Crippen molar-refractivity contribution in [1.82, 2.24) is 9.47 Å². The minimum Gasteiger partial charge on any atom is -0.490 e. The largest absolute Gasteiger partial charge is 0.490 e. The topological polar surface area (TPSA) is 115 Å². The Morgan fingerprint density at radius 3 is 2.20 bits per heavy atom. The van der Waals surface area contributed by atoms with Gasteiger partial charge in [0.25, 0.3) is 15.7 Å². The zero-order chi connectivity index (χ0) is 30.0. The van der Waals surface area contributed by atoms with Crippen molar-refractivity contribution in [2.45, 2.75) is 109 Å². The number of aryl methyl sites for hydroxylation is 1. The molecule has 3 rings (SSSR count). The number of carbonyl (C=O) groups is 1. The van der Waals surface area contributed by atoms with Gasteiger partial charge in [0.15, 0.2) is 0 Å². The molecule has 0 radical (unpaired) electrons. The van der Waals surface area contributed by atoms with Gasteiger partial charge in [-0.2, -0.15) is 8.42 Å². The molecule has 1 aromatic heterocycles. The van der Waals surface area contributed by atoms with E-state index in [9.17, 15) is 18.0 Å². The number of pyridine rings is 1. The Balaban J connectivity index is 1.38. The molecule has 0 bridgehead atoms. The first kappa shape index (κ1) is 32.7. The Kier molecular flexibility index (Phi) is 11.8. The summed E-state index contributed by atoms with van der Waals surface area (Å²) in [6, 6.07) is 11.3. The number of unbranched alkanes of at least 4 members (excludes halogenated alkanes) is 5. The van der Waals surface area contributed by atoms with Crippen molar-refractivity contribution in [2.24, 2.45) is 0 Å². The van der Waals surface area contributed by atoms with E-state index in [4.69, 9.17) is 14.0 Å². The number of hydrogen-bond acceptors (Lipinski definition) is 6. The molecule has 1 aliphatic heterocycles. The normalized spacial score (nSPS) is 15.5. The SMILES string of the molecule is CC(CCCCCCCCc1ccc(-n2ccc(OC3CCN(C(=O)OC(C)(C)C)CC3)cc2=O)cc1)S(=O)(=O)O. The molecule has 1 atom stereocenters. The van der Waals surface area contributed by atoms with Crippen molar-refractivity contribution >= 4 is 16.2 Å². The lowest BCUT2D eigenvalue weighted by molar-refractivity contribution is 0.0126. The highest BCUT2D eigenvalue weighted by molar-refractivity contribution is 7.86. The average molecular weight is 591 g/mol. The maximum atomic E-state index is 12.8. The molecule has 41 heavy (non-hydrogen) atoms. The summed E-state index contributed by atoms with van der Waals surface area (Å²) in [5.41, 5.74) is 1.35. The van der Waals surface area contributed by atoms with Crippen molar-refractivity contribution in [2.75, 3.05) is 13.1 Å². The van der Waals surface area contributed by atoms with Crippen LogP contribution in [0.4, 0.5) is 4.79 Å². The molecule has 1 saturated heterocycles. The highest BCUT2D eigenvalue weighted by Gasteiger charge is 2.27. The molecule has 0 spiro atoms. The first-order valence-electron chi connectivity index (χ1n) is 14.7. The highest BCUT2D eigenvalue weighted by atomic mass is 32.2. The number of carbonyl (C=O) groups excluding carboxylic acids is 1. The maximum absolute atomic E-state index is 12.8. The number of hydrogen-bond donors (Lipinski definition) is 1. The zero-order valence-corrected chi connectivity index (χ0v) is 25.7. The molecule has 1 aromatic carbocycles. The number of benzene rings is 1. The van der Waals surface area contributed by atoms with Gasteiger partial charge in [0.05, 0.1) is 5.25 Å². The van der Waals surface area contributed by atoms with Crippen molar-refractivity contribution in [3.8, 4) is 11.4 Å². The first-order valence-corrected chi connectivity index (χ1v) is 16.2. The van der Waals surface area contributed by atoms with Gasteiger partial charge in [-0.1, -0.05) is 44.2 Å². The van der Waals surface area contributed by atoms with Crippen LogP contribution in [0.1, 0.15) is 91.0 Å². The first-order chi connectivity index (χ1) is 19.3. The van der Waals surface area contributed by atoms with Crippen LogP contribution in [0, 0.1) is 0 Å². The van der Waals surface area contributed by atoms with Crippen LogP contribution in [0.25, 0.3) is 5.69 Å². The van der Waals surface area contributed by atoms with Gasteiger partial charge in [-0.05, 0) is 70.7 Å². The van der Waals surface area contributed by atoms with Gasteiger partial charge in [-0.15, -0.1) is 0 Å². The Morgan fingerprint density at radius 2 is 1.61 bits per heavy atom. The molecule has 0 aliphatic carbocycles. The van der Waals surface area contributed by atoms with Gasteiger partial charge in [0, 0.05) is 43.9 Å². The van der Waals surface area contributed by atoms with Crippen LogP contribution in [0.2, 0.25) is 0 Å². The average Bonchev–Trinajstić information content (AvgIpc) is 2.89. The van der Waals surface area contributed by atoms with Crippen molar-refractivity contribution in [3.63, 3.8) is 0 Å². The highest BCUT2D eigenvalue weighted by Crippen LogP contribution is 2.21. The molecule has 1 N–H and O–H groups in total. The van der Waals surface area contributed by atoms with Gasteiger partial charge in [0.2, 0.25) is 0 Å². The minimum absolute atomic E-state index is 0.0583. The van der Waals surface area contributed by atoms with E-state index < -0.39 is 21.0 Å². The van der Waals surface area contributed by atoms with E-state index in [0.29, 0.717) is 38.1 Å². The Morgan fingerprint density at radius 1 is 1.00 bits per heavy atom. The van der Waals surface area contributed by atoms with Crippen molar-refractivity contribution in [1.29, 1.82) is 0 Å². The third-order valence-corrected chi connectivity index (χ3v) is 8.59. The monoisotopic (exact) mass is 590 g/mol. The Hall–Kier alpha value is -2.85. The molecule has 1 fully saturated rings. The predicted octanol–water partition coefficient (Wildman–Crippen LogP) is 6.17. The second-order valence-electron chi connectivity index (χ2n) is 12.0. The van der Waals surface area contributed by atoms with E-state index in [2.05, 4.69) is 12.1 Å². The Bertz CT molecular complexity index is 1270. The van der Waals surface area contributed by atoms with E-state index in [-0.39, 0.29) is 17.8 Å². The molecular weight excluding hydrogens is 544 g/mol. The van der Waals surface area contributed by atoms with Crippen LogP contribution < -0.4 is 10.3 Å². The second-order valence-corrected chi connectivity index (χ2v) is 13.8. The molecule has 9 nitrogen and oxygen atoms in total. The van der Waals surface area contributed by atoms with Gasteiger partial charge < -0.3 is 14.4 Å². The molecule has 2 heterocycles. The predicted molar refractivity (Wildman–Crippen MR) is 161 cm³/mol. The summed E-state index contributed by atoms with van der Waals surface area (Å²) >= 11 is 0. The molecule has 0 saturated carbocycles. The van der Waals surface area contributed by atoms with Crippen molar-refractivity contribution < 1.29 is 27.2 Å². The van der Waals surface area contributed by atoms with Gasteiger partial charge >= 0.3 is 6.09 Å². The third kappa shape index (κ3) is 11.2. The zero-order valence-electron chi connectivity index (χ0n) is 24.9. The number of ether oxygens (including phenoxy) is 2. The number of aromatic nitrogens is 1. The molecule has 2 aromatic rings. The van der Waals surface area contributed by atoms with Crippen LogP contribution in [0.3, 0.4) is 0 Å². The fraction of sp³-hybridized carbons (Fsp3) is 0.613. The summed E-state index contributed by atoms with van der Waals surface area (Å²) in [5.74, 6) is 0.534. The lowest BCUT2D eigenvalue weighted by Crippen LogP contribution is -2.44. The second kappa shape index (κ2) is 14.9. The van der Waals surface area contributed by atoms with Gasteiger partial charge in [-0.25, -0.2) is 4.79 Å². The summed E-state index contributed by atoms with van der Waals surface area (Å²) < 4.78 is 44.2. The number of likely N-dealkylation sites (tertiary alicyclic amines) is 1. The van der Waals surface area contributed by atoms with Gasteiger partial charge in [0.1, 0.15) is 17.5 Å². The number of piperidine rings is 1. The summed E-state index contributed by atoms with van der Waals surface area (Å²) in [6.07, 6.45) is 10.3. The van der Waals surface area contributed by atoms with Crippen LogP contribution in [0.15, 0.2) is 47.4 Å². The smallest absolute Gasteiger partial charge is 0.410 e. The van der Waals surface area contributed by atoms with Crippen LogP contribution in [0.5, 0.6) is 5.75 Å². The fourth-order valence-electron chi connectivity index (χ4n) is 4.86. The summed E-state index contributed by atoms with van der Waals surface area (Å²) in [7, 11) is -3.91. The van der Waals surface area contributed by atoms with Crippen LogP contribution in [-0.2, 0) is 21.3 Å². The molecule has 1 amide bonds. The maximum Gasteiger partial charge on any atom is 0.410 e. The Labute approximate surface area is 244 Å². The number of nitrogens with zero attached hydrogens (tertiary/aromatic N) is 2. The molecule has 228 valence electrons. The molecule has 1 unspecified atom stereocenters. The quantitative estimate of drug-likeness (QED) is 0.219. The van der Waals surface area contributed by atoms with E-state index in [1.54, 1.807) is 28.7 Å².